The molecular weight excluding hydrogens is 320 g/mol. The zero-order valence-corrected chi connectivity index (χ0v) is 17.0. The molecule has 3 atom stereocenters. The molecule has 3 unspecified atom stereocenters. The Morgan fingerprint density at radius 2 is 1.28 bits per heavy atom. The van der Waals surface area contributed by atoms with Crippen LogP contribution in [0, 0.1) is 17.8 Å². The van der Waals surface area contributed by atoms with Gasteiger partial charge in [-0.3, -0.25) is 0 Å². The van der Waals surface area contributed by atoms with Crippen molar-refractivity contribution < 1.29 is 23.7 Å². The van der Waals surface area contributed by atoms with Crippen LogP contribution >= 0.6 is 0 Å². The third-order valence-electron chi connectivity index (χ3n) is 5.00. The summed E-state index contributed by atoms with van der Waals surface area (Å²) in [5.74, 6) is 1.88. The number of rotatable bonds is 14. The first kappa shape index (κ1) is 22.8. The van der Waals surface area contributed by atoms with Gasteiger partial charge in [0.2, 0.25) is 0 Å². The number of hydrogen-bond acceptors (Lipinski definition) is 5. The Kier molecular flexibility index (Phi) is 12.7. The van der Waals surface area contributed by atoms with E-state index in [2.05, 4.69) is 13.8 Å². The van der Waals surface area contributed by atoms with Gasteiger partial charge in [0.25, 0.3) is 0 Å². The summed E-state index contributed by atoms with van der Waals surface area (Å²) < 4.78 is 28.0. The summed E-state index contributed by atoms with van der Waals surface area (Å²) in [5, 5.41) is 0. The fraction of sp³-hybridized carbons (Fsp3) is 1.00. The van der Waals surface area contributed by atoms with E-state index in [9.17, 15) is 0 Å². The molecule has 0 heterocycles. The quantitative estimate of drug-likeness (QED) is 0.335. The maximum atomic E-state index is 5.88. The smallest absolute Gasteiger partial charge is 0.157 e. The Morgan fingerprint density at radius 3 is 1.76 bits per heavy atom. The lowest BCUT2D eigenvalue weighted by Crippen LogP contribution is -2.26. The molecule has 1 aliphatic rings. The van der Waals surface area contributed by atoms with Crippen LogP contribution in [0.2, 0.25) is 0 Å². The van der Waals surface area contributed by atoms with Crippen LogP contribution in [0.1, 0.15) is 66.7 Å². The van der Waals surface area contributed by atoms with Crippen molar-refractivity contribution in [2.24, 2.45) is 17.8 Å². The standard InChI is InChI=1S/C20H40O5/c1-6-16(3)12-22-17(4)23-13-19-8-10-20(11-9-19)14-24-18(5)25-15-21-7-2/h16-20H,6-15H2,1-5H3. The highest BCUT2D eigenvalue weighted by atomic mass is 16.7. The second kappa shape index (κ2) is 13.9. The number of hydrogen-bond donors (Lipinski definition) is 0. The van der Waals surface area contributed by atoms with Gasteiger partial charge in [0.05, 0.1) is 19.8 Å². The molecule has 1 fully saturated rings. The van der Waals surface area contributed by atoms with E-state index in [1.165, 1.54) is 25.7 Å². The summed E-state index contributed by atoms with van der Waals surface area (Å²) in [7, 11) is 0. The van der Waals surface area contributed by atoms with Crippen LogP contribution in [0.4, 0.5) is 0 Å². The largest absolute Gasteiger partial charge is 0.356 e. The first-order valence-electron chi connectivity index (χ1n) is 10.1. The van der Waals surface area contributed by atoms with Gasteiger partial charge < -0.3 is 23.7 Å². The van der Waals surface area contributed by atoms with Crippen molar-refractivity contribution in [2.75, 3.05) is 33.2 Å². The van der Waals surface area contributed by atoms with Crippen LogP contribution in [0.15, 0.2) is 0 Å². The van der Waals surface area contributed by atoms with Crippen molar-refractivity contribution >= 4 is 0 Å². The second-order valence-electron chi connectivity index (χ2n) is 7.31. The third-order valence-corrected chi connectivity index (χ3v) is 5.00. The van der Waals surface area contributed by atoms with Gasteiger partial charge in [-0.15, -0.1) is 0 Å². The molecule has 0 saturated heterocycles. The fourth-order valence-electron chi connectivity index (χ4n) is 2.85. The minimum absolute atomic E-state index is 0.0987. The fourth-order valence-corrected chi connectivity index (χ4v) is 2.85. The van der Waals surface area contributed by atoms with Gasteiger partial charge in [0, 0.05) is 6.61 Å². The molecule has 1 saturated carbocycles. The first-order valence-corrected chi connectivity index (χ1v) is 10.1. The van der Waals surface area contributed by atoms with E-state index >= 15 is 0 Å². The van der Waals surface area contributed by atoms with Crippen molar-refractivity contribution in [1.29, 1.82) is 0 Å². The zero-order valence-electron chi connectivity index (χ0n) is 17.0. The minimum Gasteiger partial charge on any atom is -0.356 e. The molecule has 5 heteroatoms. The lowest BCUT2D eigenvalue weighted by Gasteiger charge is -2.29. The van der Waals surface area contributed by atoms with Crippen LogP contribution in [-0.2, 0) is 23.7 Å². The molecule has 0 amide bonds. The molecule has 25 heavy (non-hydrogen) atoms. The lowest BCUT2D eigenvalue weighted by molar-refractivity contribution is -0.191. The lowest BCUT2D eigenvalue weighted by atomic mass is 9.83. The van der Waals surface area contributed by atoms with Crippen LogP contribution in [0.5, 0.6) is 0 Å². The predicted octanol–water partition coefficient (Wildman–Crippen LogP) is 4.59. The van der Waals surface area contributed by atoms with Crippen molar-refractivity contribution in [2.45, 2.75) is 79.3 Å². The Hall–Kier alpha value is -0.200. The molecule has 0 spiro atoms. The normalized spacial score (nSPS) is 24.8. The van der Waals surface area contributed by atoms with Crippen molar-refractivity contribution in [1.82, 2.24) is 0 Å². The van der Waals surface area contributed by atoms with E-state index < -0.39 is 0 Å². The van der Waals surface area contributed by atoms with Gasteiger partial charge in [-0.1, -0.05) is 20.3 Å². The Labute approximate surface area is 154 Å². The van der Waals surface area contributed by atoms with Crippen molar-refractivity contribution in [3.05, 3.63) is 0 Å². The topological polar surface area (TPSA) is 46.2 Å². The van der Waals surface area contributed by atoms with Crippen molar-refractivity contribution in [3.63, 3.8) is 0 Å². The minimum atomic E-state index is -0.198. The highest BCUT2D eigenvalue weighted by Gasteiger charge is 2.23. The first-order chi connectivity index (χ1) is 12.0. The monoisotopic (exact) mass is 360 g/mol. The van der Waals surface area contributed by atoms with Gasteiger partial charge in [-0.05, 0) is 64.2 Å². The van der Waals surface area contributed by atoms with Crippen LogP contribution in [0.25, 0.3) is 0 Å². The van der Waals surface area contributed by atoms with Gasteiger partial charge in [-0.2, -0.15) is 0 Å². The van der Waals surface area contributed by atoms with Crippen LogP contribution in [0.3, 0.4) is 0 Å². The summed E-state index contributed by atoms with van der Waals surface area (Å²) >= 11 is 0. The average Bonchev–Trinajstić information content (AvgIpc) is 2.63. The summed E-state index contributed by atoms with van der Waals surface area (Å²) in [6.07, 6.45) is 5.67. The molecule has 0 aromatic rings. The molecule has 1 aliphatic carbocycles. The second-order valence-corrected chi connectivity index (χ2v) is 7.31. The van der Waals surface area contributed by atoms with Gasteiger partial charge in [0.1, 0.15) is 6.79 Å². The van der Waals surface area contributed by atoms with E-state index in [1.54, 1.807) is 0 Å². The molecule has 0 N–H and O–H groups in total. The molecule has 1 rings (SSSR count). The molecule has 0 aromatic carbocycles. The van der Waals surface area contributed by atoms with Gasteiger partial charge in [-0.25, -0.2) is 0 Å². The van der Waals surface area contributed by atoms with Crippen LogP contribution < -0.4 is 0 Å². The van der Waals surface area contributed by atoms with E-state index in [0.29, 0.717) is 31.2 Å². The predicted molar refractivity (Wildman–Crippen MR) is 99.3 cm³/mol. The highest BCUT2D eigenvalue weighted by molar-refractivity contribution is 4.72. The highest BCUT2D eigenvalue weighted by Crippen LogP contribution is 2.29. The molecule has 0 aromatic heterocycles. The zero-order chi connectivity index (χ0) is 18.5. The van der Waals surface area contributed by atoms with E-state index in [0.717, 1.165) is 26.2 Å². The number of ether oxygens (including phenoxy) is 5. The third kappa shape index (κ3) is 11.2. The molecule has 150 valence electrons. The summed E-state index contributed by atoms with van der Waals surface area (Å²) in [6.45, 7) is 13.6. The molecule has 0 radical (unpaired) electrons. The van der Waals surface area contributed by atoms with Gasteiger partial charge >= 0.3 is 0 Å². The summed E-state index contributed by atoms with van der Waals surface area (Å²) in [6, 6.07) is 0. The maximum Gasteiger partial charge on any atom is 0.157 e. The molecule has 5 nitrogen and oxygen atoms in total. The molecule has 0 bridgehead atoms. The van der Waals surface area contributed by atoms with E-state index in [-0.39, 0.29) is 12.6 Å². The Bertz CT molecular complexity index is 304. The summed E-state index contributed by atoms with van der Waals surface area (Å²) in [4.78, 5) is 0. The molecular formula is C20H40O5. The van der Waals surface area contributed by atoms with Crippen LogP contribution in [-0.4, -0.2) is 45.8 Å². The van der Waals surface area contributed by atoms with Crippen molar-refractivity contribution in [3.8, 4) is 0 Å². The Balaban J connectivity index is 2.05. The molecule has 0 aliphatic heterocycles. The SMILES string of the molecule is CCOCOC(C)OCC1CCC(COC(C)OCC(C)CC)CC1. The van der Waals surface area contributed by atoms with Gasteiger partial charge in [0.15, 0.2) is 12.6 Å². The average molecular weight is 361 g/mol. The summed E-state index contributed by atoms with van der Waals surface area (Å²) in [5.41, 5.74) is 0. The maximum absolute atomic E-state index is 5.88. The van der Waals surface area contributed by atoms with E-state index in [1.807, 2.05) is 20.8 Å². The van der Waals surface area contributed by atoms with E-state index in [4.69, 9.17) is 23.7 Å². The Morgan fingerprint density at radius 1 is 0.760 bits per heavy atom.